The molecular weight excluding hydrogens is 256 g/mol. The number of anilines is 1. The third kappa shape index (κ3) is 4.12. The van der Waals surface area contributed by atoms with Crippen molar-refractivity contribution in [1.29, 1.82) is 0 Å². The quantitative estimate of drug-likeness (QED) is 0.910. The predicted octanol–water partition coefficient (Wildman–Crippen LogP) is 2.95. The summed E-state index contributed by atoms with van der Waals surface area (Å²) in [6.07, 6.45) is 0.326. The minimum absolute atomic E-state index is 0.129. The molecule has 1 heterocycles. The number of nitrogens with one attached hydrogen (secondary N) is 1. The number of hydrogen-bond acceptors (Lipinski definition) is 4. The molecule has 0 aliphatic carbocycles. The van der Waals surface area contributed by atoms with E-state index in [0.717, 1.165) is 11.4 Å². The molecule has 1 aromatic heterocycles. The number of amides is 1. The van der Waals surface area contributed by atoms with E-state index in [9.17, 15) is 4.79 Å². The van der Waals surface area contributed by atoms with Crippen molar-refractivity contribution in [2.75, 3.05) is 5.32 Å². The van der Waals surface area contributed by atoms with E-state index in [-0.39, 0.29) is 18.4 Å². The average molecular weight is 274 g/mol. The molecule has 0 saturated heterocycles. The number of ether oxygens (including phenoxy) is 1. The third-order valence-electron chi connectivity index (χ3n) is 2.53. The van der Waals surface area contributed by atoms with Crippen molar-refractivity contribution in [2.45, 2.75) is 33.3 Å². The molecule has 0 saturated carbocycles. The Labute approximate surface area is 117 Å². The maximum Gasteiger partial charge on any atom is 0.230 e. The average Bonchev–Trinajstić information content (AvgIpc) is 2.76. The highest BCUT2D eigenvalue weighted by Crippen LogP contribution is 2.17. The SMILES string of the molecule is Cc1cc(CC(=O)Nc2ccc(OC(C)C)cc2)no1. The molecule has 1 amide bonds. The first-order valence-electron chi connectivity index (χ1n) is 6.51. The molecule has 0 bridgehead atoms. The molecule has 20 heavy (non-hydrogen) atoms. The van der Waals surface area contributed by atoms with Gasteiger partial charge in [-0.2, -0.15) is 0 Å². The molecular formula is C15H18N2O3. The molecule has 1 N–H and O–H groups in total. The van der Waals surface area contributed by atoms with Gasteiger partial charge >= 0.3 is 0 Å². The first kappa shape index (κ1) is 14.1. The molecule has 106 valence electrons. The van der Waals surface area contributed by atoms with Crippen molar-refractivity contribution >= 4 is 11.6 Å². The highest BCUT2D eigenvalue weighted by Gasteiger charge is 2.08. The van der Waals surface area contributed by atoms with Crippen LogP contribution in [0.25, 0.3) is 0 Å². The van der Waals surface area contributed by atoms with Crippen LogP contribution in [0.3, 0.4) is 0 Å². The van der Waals surface area contributed by atoms with Crippen molar-refractivity contribution in [3.63, 3.8) is 0 Å². The van der Waals surface area contributed by atoms with Gasteiger partial charge in [0.15, 0.2) is 0 Å². The lowest BCUT2D eigenvalue weighted by atomic mass is 10.2. The van der Waals surface area contributed by atoms with Gasteiger partial charge in [-0.05, 0) is 45.0 Å². The fourth-order valence-electron chi connectivity index (χ4n) is 1.76. The van der Waals surface area contributed by atoms with Crippen LogP contribution in [0.5, 0.6) is 5.75 Å². The fourth-order valence-corrected chi connectivity index (χ4v) is 1.76. The molecule has 5 heteroatoms. The lowest BCUT2D eigenvalue weighted by Gasteiger charge is -2.10. The highest BCUT2D eigenvalue weighted by molar-refractivity contribution is 5.92. The summed E-state index contributed by atoms with van der Waals surface area (Å²) in [5.74, 6) is 1.35. The van der Waals surface area contributed by atoms with Crippen molar-refractivity contribution in [2.24, 2.45) is 0 Å². The third-order valence-corrected chi connectivity index (χ3v) is 2.53. The maximum atomic E-state index is 11.8. The first-order chi connectivity index (χ1) is 9.52. The van der Waals surface area contributed by atoms with Gasteiger partial charge in [-0.25, -0.2) is 0 Å². The standard InChI is InChI=1S/C15H18N2O3/c1-10(2)19-14-6-4-12(5-7-14)16-15(18)9-13-8-11(3)20-17-13/h4-8,10H,9H2,1-3H3,(H,16,18). The smallest absolute Gasteiger partial charge is 0.230 e. The van der Waals surface area contributed by atoms with E-state index in [0.29, 0.717) is 11.5 Å². The predicted molar refractivity (Wildman–Crippen MR) is 75.8 cm³/mol. The fraction of sp³-hybridized carbons (Fsp3) is 0.333. The van der Waals surface area contributed by atoms with Gasteiger partial charge in [-0.1, -0.05) is 5.16 Å². The number of rotatable bonds is 5. The van der Waals surface area contributed by atoms with E-state index in [1.165, 1.54) is 0 Å². The van der Waals surface area contributed by atoms with Gasteiger partial charge in [-0.15, -0.1) is 0 Å². The van der Waals surface area contributed by atoms with Gasteiger partial charge in [-0.3, -0.25) is 4.79 Å². The molecule has 0 fully saturated rings. The topological polar surface area (TPSA) is 64.4 Å². The van der Waals surface area contributed by atoms with Crippen LogP contribution in [-0.4, -0.2) is 17.2 Å². The van der Waals surface area contributed by atoms with E-state index >= 15 is 0 Å². The zero-order chi connectivity index (χ0) is 14.5. The normalized spacial score (nSPS) is 10.6. The minimum Gasteiger partial charge on any atom is -0.491 e. The van der Waals surface area contributed by atoms with Crippen LogP contribution in [0, 0.1) is 6.92 Å². The summed E-state index contributed by atoms with van der Waals surface area (Å²) in [6, 6.07) is 9.03. The van der Waals surface area contributed by atoms with Crippen molar-refractivity contribution in [3.05, 3.63) is 41.8 Å². The van der Waals surface area contributed by atoms with E-state index in [2.05, 4.69) is 10.5 Å². The van der Waals surface area contributed by atoms with Crippen LogP contribution in [0.2, 0.25) is 0 Å². The zero-order valence-corrected chi connectivity index (χ0v) is 11.8. The van der Waals surface area contributed by atoms with Gasteiger partial charge < -0.3 is 14.6 Å². The van der Waals surface area contributed by atoms with Crippen molar-refractivity contribution < 1.29 is 14.1 Å². The number of benzene rings is 1. The maximum absolute atomic E-state index is 11.8. The first-order valence-corrected chi connectivity index (χ1v) is 6.51. The Bertz CT molecular complexity index is 573. The van der Waals surface area contributed by atoms with Gasteiger partial charge in [0.25, 0.3) is 0 Å². The summed E-state index contributed by atoms with van der Waals surface area (Å²) in [7, 11) is 0. The van der Waals surface area contributed by atoms with Crippen LogP contribution < -0.4 is 10.1 Å². The molecule has 2 aromatic rings. The second-order valence-electron chi connectivity index (χ2n) is 4.84. The van der Waals surface area contributed by atoms with Crippen LogP contribution in [0.4, 0.5) is 5.69 Å². The number of nitrogens with zero attached hydrogens (tertiary/aromatic N) is 1. The highest BCUT2D eigenvalue weighted by atomic mass is 16.5. The van der Waals surface area contributed by atoms with Crippen LogP contribution in [-0.2, 0) is 11.2 Å². The number of aromatic nitrogens is 1. The van der Waals surface area contributed by atoms with Crippen molar-refractivity contribution in [3.8, 4) is 5.75 Å². The number of carbonyl (C=O) groups excluding carboxylic acids is 1. The summed E-state index contributed by atoms with van der Waals surface area (Å²) in [6.45, 7) is 5.73. The number of aryl methyl sites for hydroxylation is 1. The molecule has 0 unspecified atom stereocenters. The molecule has 0 radical (unpaired) electrons. The molecule has 5 nitrogen and oxygen atoms in total. The summed E-state index contributed by atoms with van der Waals surface area (Å²) < 4.78 is 10.5. The van der Waals surface area contributed by atoms with Crippen LogP contribution in [0.1, 0.15) is 25.3 Å². The number of hydrogen-bond donors (Lipinski definition) is 1. The monoisotopic (exact) mass is 274 g/mol. The Morgan fingerprint density at radius 3 is 2.60 bits per heavy atom. The van der Waals surface area contributed by atoms with Gasteiger partial charge in [0.05, 0.1) is 18.2 Å². The molecule has 0 spiro atoms. The van der Waals surface area contributed by atoms with E-state index in [1.807, 2.05) is 38.1 Å². The molecule has 0 atom stereocenters. The summed E-state index contributed by atoms with van der Waals surface area (Å²) >= 11 is 0. The van der Waals surface area contributed by atoms with E-state index in [1.54, 1.807) is 13.0 Å². The van der Waals surface area contributed by atoms with Gasteiger partial charge in [0.1, 0.15) is 11.5 Å². The zero-order valence-electron chi connectivity index (χ0n) is 11.8. The molecule has 0 aliphatic heterocycles. The second kappa shape index (κ2) is 6.23. The Balaban J connectivity index is 1.91. The minimum atomic E-state index is -0.129. The lowest BCUT2D eigenvalue weighted by molar-refractivity contribution is -0.115. The van der Waals surface area contributed by atoms with E-state index < -0.39 is 0 Å². The van der Waals surface area contributed by atoms with Crippen LogP contribution in [0.15, 0.2) is 34.9 Å². The van der Waals surface area contributed by atoms with E-state index in [4.69, 9.17) is 9.26 Å². The Morgan fingerprint density at radius 1 is 1.35 bits per heavy atom. The van der Waals surface area contributed by atoms with Gasteiger partial charge in [0, 0.05) is 11.8 Å². The Kier molecular flexibility index (Phi) is 4.40. The summed E-state index contributed by atoms with van der Waals surface area (Å²) in [5, 5.41) is 6.59. The summed E-state index contributed by atoms with van der Waals surface area (Å²) in [5.41, 5.74) is 1.35. The second-order valence-corrected chi connectivity index (χ2v) is 4.84. The van der Waals surface area contributed by atoms with Gasteiger partial charge in [0.2, 0.25) is 5.91 Å². The largest absolute Gasteiger partial charge is 0.491 e. The Hall–Kier alpha value is -2.30. The lowest BCUT2D eigenvalue weighted by Crippen LogP contribution is -2.14. The Morgan fingerprint density at radius 2 is 2.05 bits per heavy atom. The summed E-state index contributed by atoms with van der Waals surface area (Å²) in [4.78, 5) is 11.8. The van der Waals surface area contributed by atoms with Crippen molar-refractivity contribution in [1.82, 2.24) is 5.16 Å². The molecule has 1 aromatic carbocycles. The van der Waals surface area contributed by atoms with Crippen LogP contribution >= 0.6 is 0 Å². The number of carbonyl (C=O) groups is 1. The molecule has 0 aliphatic rings. The molecule has 2 rings (SSSR count).